The fourth-order valence-electron chi connectivity index (χ4n) is 2.04. The summed E-state index contributed by atoms with van der Waals surface area (Å²) in [6.45, 7) is 2.31. The fourth-order valence-corrected chi connectivity index (χ4v) is 2.64. The monoisotopic (exact) mass is 340 g/mol. The Balaban J connectivity index is 1.98. The van der Waals surface area contributed by atoms with E-state index in [2.05, 4.69) is 10.3 Å². The largest absolute Gasteiger partial charge is 0.447 e. The van der Waals surface area contributed by atoms with Crippen LogP contribution in [0.4, 0.5) is 13.2 Å². The molecule has 2 rings (SSSR count). The van der Waals surface area contributed by atoms with Crippen molar-refractivity contribution >= 4 is 17.7 Å². The third-order valence-corrected chi connectivity index (χ3v) is 3.76. The number of hydrogen-bond acceptors (Lipinski definition) is 3. The van der Waals surface area contributed by atoms with Crippen LogP contribution in [-0.2, 0) is 6.42 Å². The quantitative estimate of drug-likeness (QED) is 0.838. The minimum Gasteiger partial charge on any atom is -0.352 e. The van der Waals surface area contributed by atoms with Crippen LogP contribution in [0.1, 0.15) is 21.5 Å². The summed E-state index contributed by atoms with van der Waals surface area (Å²) in [7, 11) is 0. The highest BCUT2D eigenvalue weighted by atomic mass is 32.2. The number of benzene rings is 1. The first-order valence-electron chi connectivity index (χ1n) is 6.89. The van der Waals surface area contributed by atoms with Crippen LogP contribution < -0.4 is 5.32 Å². The number of halogens is 3. The highest BCUT2D eigenvalue weighted by molar-refractivity contribution is 8.00. The molecule has 0 saturated carbocycles. The number of rotatable bonds is 5. The number of pyridine rings is 1. The zero-order chi connectivity index (χ0) is 16.9. The third-order valence-electron chi connectivity index (χ3n) is 3.01. The van der Waals surface area contributed by atoms with E-state index in [1.54, 1.807) is 0 Å². The Labute approximate surface area is 136 Å². The van der Waals surface area contributed by atoms with Crippen molar-refractivity contribution < 1.29 is 18.0 Å². The molecule has 1 aromatic heterocycles. The molecule has 0 saturated heterocycles. The Bertz CT molecular complexity index is 689. The number of nitrogens with one attached hydrogen (secondary N) is 1. The topological polar surface area (TPSA) is 42.0 Å². The van der Waals surface area contributed by atoms with Gasteiger partial charge in [0.1, 0.15) is 5.03 Å². The van der Waals surface area contributed by atoms with Crippen LogP contribution in [0, 0.1) is 6.92 Å². The summed E-state index contributed by atoms with van der Waals surface area (Å²) in [6, 6.07) is 10.6. The molecular weight excluding hydrogens is 325 g/mol. The van der Waals surface area contributed by atoms with Gasteiger partial charge in [0.05, 0.1) is 5.56 Å². The average Bonchev–Trinajstić information content (AvgIpc) is 2.46. The van der Waals surface area contributed by atoms with E-state index in [0.29, 0.717) is 13.0 Å². The second kappa shape index (κ2) is 7.50. The Morgan fingerprint density at radius 3 is 2.74 bits per heavy atom. The van der Waals surface area contributed by atoms with Gasteiger partial charge in [-0.25, -0.2) is 4.98 Å². The van der Waals surface area contributed by atoms with Gasteiger partial charge in [-0.3, -0.25) is 4.79 Å². The Kier molecular flexibility index (Phi) is 5.65. The molecule has 23 heavy (non-hydrogen) atoms. The molecule has 0 atom stereocenters. The standard InChI is InChI=1S/C16H15F3N2OS/c1-11-4-2-5-12(10-11)7-9-20-14(22)13-6-3-8-21-15(13)23-16(17,18)19/h2-6,8,10H,7,9H2,1H3,(H,20,22). The number of amides is 1. The number of nitrogens with zero attached hydrogens (tertiary/aromatic N) is 1. The van der Waals surface area contributed by atoms with Crippen molar-refractivity contribution in [1.82, 2.24) is 10.3 Å². The molecule has 1 amide bonds. The van der Waals surface area contributed by atoms with Crippen LogP contribution in [0.15, 0.2) is 47.6 Å². The summed E-state index contributed by atoms with van der Waals surface area (Å²) in [5, 5.41) is 2.29. The second-order valence-electron chi connectivity index (χ2n) is 4.90. The maximum absolute atomic E-state index is 12.5. The van der Waals surface area contributed by atoms with Crippen LogP contribution >= 0.6 is 11.8 Å². The van der Waals surface area contributed by atoms with Crippen molar-refractivity contribution in [2.24, 2.45) is 0 Å². The Morgan fingerprint density at radius 2 is 2.04 bits per heavy atom. The lowest BCUT2D eigenvalue weighted by Crippen LogP contribution is -2.26. The van der Waals surface area contributed by atoms with E-state index in [1.807, 2.05) is 31.2 Å². The molecule has 0 spiro atoms. The third kappa shape index (κ3) is 5.59. The first-order valence-corrected chi connectivity index (χ1v) is 7.71. The summed E-state index contributed by atoms with van der Waals surface area (Å²) in [6.07, 6.45) is 1.84. The molecule has 0 bridgehead atoms. The molecule has 0 aliphatic rings. The van der Waals surface area contributed by atoms with Crippen LogP contribution in [0.3, 0.4) is 0 Å². The molecule has 1 heterocycles. The molecule has 1 aromatic carbocycles. The lowest BCUT2D eigenvalue weighted by molar-refractivity contribution is -0.0329. The van der Waals surface area contributed by atoms with Crippen LogP contribution in [-0.4, -0.2) is 22.9 Å². The zero-order valence-corrected chi connectivity index (χ0v) is 13.2. The molecule has 3 nitrogen and oxygen atoms in total. The van der Waals surface area contributed by atoms with Crippen LogP contribution in [0.25, 0.3) is 0 Å². The zero-order valence-electron chi connectivity index (χ0n) is 12.4. The van der Waals surface area contributed by atoms with Crippen LogP contribution in [0.5, 0.6) is 0 Å². The molecular formula is C16H15F3N2OS. The van der Waals surface area contributed by atoms with E-state index < -0.39 is 11.4 Å². The lowest BCUT2D eigenvalue weighted by atomic mass is 10.1. The van der Waals surface area contributed by atoms with E-state index in [9.17, 15) is 18.0 Å². The van der Waals surface area contributed by atoms with Crippen molar-refractivity contribution in [2.75, 3.05) is 6.54 Å². The predicted molar refractivity (Wildman–Crippen MR) is 83.4 cm³/mol. The van der Waals surface area contributed by atoms with Crippen molar-refractivity contribution in [3.8, 4) is 0 Å². The average molecular weight is 340 g/mol. The summed E-state index contributed by atoms with van der Waals surface area (Å²) in [5.41, 5.74) is -2.38. The first-order chi connectivity index (χ1) is 10.8. The fraction of sp³-hybridized carbons (Fsp3) is 0.250. The van der Waals surface area contributed by atoms with E-state index in [4.69, 9.17) is 0 Å². The summed E-state index contributed by atoms with van der Waals surface area (Å²) < 4.78 is 37.5. The number of alkyl halides is 3. The van der Waals surface area contributed by atoms with Crippen LogP contribution in [0.2, 0.25) is 0 Å². The second-order valence-corrected chi connectivity index (χ2v) is 5.95. The van der Waals surface area contributed by atoms with Gasteiger partial charge >= 0.3 is 5.51 Å². The Morgan fingerprint density at radius 1 is 1.26 bits per heavy atom. The van der Waals surface area contributed by atoms with Gasteiger partial charge in [-0.15, -0.1) is 0 Å². The van der Waals surface area contributed by atoms with Gasteiger partial charge < -0.3 is 5.32 Å². The van der Waals surface area contributed by atoms with Gasteiger partial charge in [-0.1, -0.05) is 29.8 Å². The van der Waals surface area contributed by atoms with Gasteiger partial charge in [-0.05, 0) is 31.0 Å². The number of aromatic nitrogens is 1. The normalized spacial score (nSPS) is 11.3. The first kappa shape index (κ1) is 17.3. The maximum Gasteiger partial charge on any atom is 0.447 e. The van der Waals surface area contributed by atoms with E-state index >= 15 is 0 Å². The van der Waals surface area contributed by atoms with Gasteiger partial charge in [0.2, 0.25) is 0 Å². The molecule has 0 radical (unpaired) electrons. The smallest absolute Gasteiger partial charge is 0.352 e. The Hall–Kier alpha value is -2.02. The van der Waals surface area contributed by atoms with Gasteiger partial charge in [-0.2, -0.15) is 13.2 Å². The highest BCUT2D eigenvalue weighted by Gasteiger charge is 2.32. The van der Waals surface area contributed by atoms with Gasteiger partial charge in [0.25, 0.3) is 5.91 Å². The van der Waals surface area contributed by atoms with E-state index in [0.717, 1.165) is 11.1 Å². The summed E-state index contributed by atoms with van der Waals surface area (Å²) in [4.78, 5) is 15.7. The number of carbonyl (C=O) groups excluding carboxylic acids is 1. The van der Waals surface area contributed by atoms with Crippen molar-refractivity contribution in [3.05, 3.63) is 59.3 Å². The molecule has 1 N–H and O–H groups in total. The van der Waals surface area contributed by atoms with Gasteiger partial charge in [0.15, 0.2) is 0 Å². The molecule has 2 aromatic rings. The maximum atomic E-state index is 12.5. The lowest BCUT2D eigenvalue weighted by Gasteiger charge is -2.10. The summed E-state index contributed by atoms with van der Waals surface area (Å²) >= 11 is -0.384. The molecule has 0 unspecified atom stereocenters. The molecule has 0 aliphatic carbocycles. The van der Waals surface area contributed by atoms with E-state index in [1.165, 1.54) is 18.3 Å². The van der Waals surface area contributed by atoms with Crippen molar-refractivity contribution in [3.63, 3.8) is 0 Å². The number of thioether (sulfide) groups is 1. The number of hydrogen-bond donors (Lipinski definition) is 1. The van der Waals surface area contributed by atoms with Gasteiger partial charge in [0, 0.05) is 24.5 Å². The number of aryl methyl sites for hydroxylation is 1. The summed E-state index contributed by atoms with van der Waals surface area (Å²) in [5.74, 6) is -0.558. The van der Waals surface area contributed by atoms with E-state index in [-0.39, 0.29) is 22.4 Å². The minimum absolute atomic E-state index is 0.0703. The molecule has 0 fully saturated rings. The molecule has 122 valence electrons. The minimum atomic E-state index is -4.48. The number of carbonyl (C=O) groups is 1. The van der Waals surface area contributed by atoms with Crippen molar-refractivity contribution in [1.29, 1.82) is 0 Å². The predicted octanol–water partition coefficient (Wildman–Crippen LogP) is 3.97. The molecule has 7 heteroatoms. The van der Waals surface area contributed by atoms with Crippen molar-refractivity contribution in [2.45, 2.75) is 23.9 Å². The highest BCUT2D eigenvalue weighted by Crippen LogP contribution is 2.37. The molecule has 0 aliphatic heterocycles. The SMILES string of the molecule is Cc1cccc(CCNC(=O)c2cccnc2SC(F)(F)F)c1.